The van der Waals surface area contributed by atoms with E-state index >= 15 is 0 Å². The first-order chi connectivity index (χ1) is 6.86. The lowest BCUT2D eigenvalue weighted by atomic mass is 9.64. The molecule has 0 fully saturated rings. The molecule has 1 aromatic heterocycles. The van der Waals surface area contributed by atoms with Gasteiger partial charge >= 0.3 is 0 Å². The summed E-state index contributed by atoms with van der Waals surface area (Å²) in [4.78, 5) is 19.0. The van der Waals surface area contributed by atoms with E-state index in [4.69, 9.17) is 0 Å². The molecule has 1 rings (SSSR count). The van der Waals surface area contributed by atoms with Crippen LogP contribution in [0.2, 0.25) is 0 Å². The van der Waals surface area contributed by atoms with E-state index in [0.29, 0.717) is 0 Å². The van der Waals surface area contributed by atoms with Crippen molar-refractivity contribution in [3.05, 3.63) is 18.2 Å². The monoisotopic (exact) mass is 320 g/mol. The summed E-state index contributed by atoms with van der Waals surface area (Å²) in [6.45, 7) is 8.16. The molecular formula is C11H17IN2O. The molecule has 0 spiro atoms. The van der Waals surface area contributed by atoms with E-state index in [1.807, 2.05) is 42.6 Å². The van der Waals surface area contributed by atoms with Gasteiger partial charge in [-0.2, -0.15) is 0 Å². The summed E-state index contributed by atoms with van der Waals surface area (Å²) in [5, 5.41) is 0. The number of halogens is 1. The van der Waals surface area contributed by atoms with Crippen molar-refractivity contribution in [1.82, 2.24) is 9.97 Å². The molecule has 1 aromatic rings. The van der Waals surface area contributed by atoms with Crippen molar-refractivity contribution >= 4 is 26.4 Å². The second-order valence-electron chi connectivity index (χ2n) is 4.54. The third-order valence-electron chi connectivity index (χ3n) is 3.64. The summed E-state index contributed by atoms with van der Waals surface area (Å²) in [6, 6.07) is 0. The van der Waals surface area contributed by atoms with Crippen LogP contribution in [0.3, 0.4) is 0 Å². The van der Waals surface area contributed by atoms with Crippen LogP contribution < -0.4 is 0 Å². The van der Waals surface area contributed by atoms with Gasteiger partial charge in [-0.15, -0.1) is 0 Å². The fourth-order valence-corrected chi connectivity index (χ4v) is 2.32. The van der Waals surface area contributed by atoms with Crippen LogP contribution in [0.4, 0.5) is 0 Å². The minimum Gasteiger partial charge on any atom is -0.351 e. The summed E-state index contributed by atoms with van der Waals surface area (Å²) < 4.78 is 0.174. The van der Waals surface area contributed by atoms with Gasteiger partial charge in [0.25, 0.3) is 0 Å². The number of nitrogens with zero attached hydrogens (tertiary/aromatic N) is 1. The lowest BCUT2D eigenvalue weighted by molar-refractivity contribution is -0.119. The molecule has 3 nitrogen and oxygen atoms in total. The largest absolute Gasteiger partial charge is 0.351 e. The lowest BCUT2D eigenvalue weighted by Gasteiger charge is -2.40. The number of carbonyl (C=O) groups excluding carboxylic acids is 1. The number of aromatic nitrogens is 2. The number of rotatable bonds is 4. The molecule has 0 aliphatic heterocycles. The zero-order valence-corrected chi connectivity index (χ0v) is 11.8. The third-order valence-corrected chi connectivity index (χ3v) is 4.99. The highest BCUT2D eigenvalue weighted by Gasteiger charge is 2.46. The van der Waals surface area contributed by atoms with Gasteiger partial charge in [-0.3, -0.25) is 4.79 Å². The van der Waals surface area contributed by atoms with Crippen molar-refractivity contribution in [3.63, 3.8) is 0 Å². The average molecular weight is 320 g/mol. The van der Waals surface area contributed by atoms with Gasteiger partial charge in [0.05, 0.1) is 12.0 Å². The Kier molecular flexibility index (Phi) is 3.58. The van der Waals surface area contributed by atoms with E-state index in [9.17, 15) is 4.79 Å². The van der Waals surface area contributed by atoms with Crippen LogP contribution in [-0.2, 0) is 10.2 Å². The van der Waals surface area contributed by atoms with Gasteiger partial charge in [-0.1, -0.05) is 27.7 Å². The summed E-state index contributed by atoms with van der Waals surface area (Å²) in [5.41, 5.74) is 0.336. The highest BCUT2D eigenvalue weighted by atomic mass is 127. The van der Waals surface area contributed by atoms with Crippen LogP contribution in [0.15, 0.2) is 12.5 Å². The van der Waals surface area contributed by atoms with Crippen molar-refractivity contribution in [2.75, 3.05) is 0 Å². The maximum atomic E-state index is 11.7. The van der Waals surface area contributed by atoms with Gasteiger partial charge in [0, 0.05) is 39.6 Å². The third kappa shape index (κ3) is 1.96. The number of imidazole rings is 1. The molecule has 0 aliphatic carbocycles. The van der Waals surface area contributed by atoms with E-state index in [0.717, 1.165) is 12.1 Å². The number of aromatic amines is 1. The molecule has 1 unspecified atom stereocenters. The summed E-state index contributed by atoms with van der Waals surface area (Å²) in [6.07, 6.45) is 4.43. The van der Waals surface area contributed by atoms with Gasteiger partial charge in [-0.05, 0) is 6.42 Å². The number of nitrogens with one attached hydrogen (secondary N) is 1. The summed E-state index contributed by atoms with van der Waals surface area (Å²) in [7, 11) is 0. The Morgan fingerprint density at radius 3 is 2.47 bits per heavy atom. The maximum Gasteiger partial charge on any atom is 0.198 e. The van der Waals surface area contributed by atoms with Crippen LogP contribution in [0.25, 0.3) is 0 Å². The quantitative estimate of drug-likeness (QED) is 0.684. The first kappa shape index (κ1) is 12.7. The van der Waals surface area contributed by atoms with Crippen molar-refractivity contribution in [2.45, 2.75) is 39.5 Å². The van der Waals surface area contributed by atoms with Crippen molar-refractivity contribution in [3.8, 4) is 0 Å². The van der Waals surface area contributed by atoms with E-state index < -0.39 is 5.41 Å². The standard InChI is InChI=1S/C11H17IN2O/c1-5-11(4,8-6-13-7-14-8)10(2,3)9(12)15/h6-7H,5H2,1-4H3,(H,13,14). The Balaban J connectivity index is 3.22. The fraction of sp³-hybridized carbons (Fsp3) is 0.636. The molecule has 15 heavy (non-hydrogen) atoms. The molecule has 0 amide bonds. The van der Waals surface area contributed by atoms with Gasteiger partial charge in [0.2, 0.25) is 0 Å². The minimum absolute atomic E-state index is 0.174. The van der Waals surface area contributed by atoms with Gasteiger partial charge in [0.1, 0.15) is 0 Å². The molecule has 0 radical (unpaired) electrons. The molecule has 4 heteroatoms. The maximum absolute atomic E-state index is 11.7. The SMILES string of the molecule is CCC(C)(c1c[nH]cn1)C(C)(C)C(=O)I. The highest BCUT2D eigenvalue weighted by molar-refractivity contribution is 14.1. The number of hydrogen-bond acceptors (Lipinski definition) is 2. The fourth-order valence-electron chi connectivity index (χ4n) is 1.72. The first-order valence-corrected chi connectivity index (χ1v) is 6.13. The Bertz CT molecular complexity index is 345. The minimum atomic E-state index is -0.405. The number of hydrogen-bond donors (Lipinski definition) is 1. The molecule has 0 saturated heterocycles. The Morgan fingerprint density at radius 1 is 1.53 bits per heavy atom. The van der Waals surface area contributed by atoms with Crippen LogP contribution >= 0.6 is 22.6 Å². The van der Waals surface area contributed by atoms with Gasteiger partial charge in [-0.25, -0.2) is 4.98 Å². The molecule has 0 saturated carbocycles. The molecule has 0 aromatic carbocycles. The van der Waals surface area contributed by atoms with Crippen molar-refractivity contribution < 1.29 is 4.79 Å². The average Bonchev–Trinajstić information content (AvgIpc) is 2.69. The molecular weight excluding hydrogens is 303 g/mol. The van der Waals surface area contributed by atoms with Gasteiger partial charge < -0.3 is 4.98 Å². The van der Waals surface area contributed by atoms with Crippen LogP contribution in [0.1, 0.15) is 39.8 Å². The molecule has 0 bridgehead atoms. The molecule has 1 heterocycles. The normalized spacial score (nSPS) is 16.1. The topological polar surface area (TPSA) is 45.8 Å². The van der Waals surface area contributed by atoms with Gasteiger partial charge in [0.15, 0.2) is 3.79 Å². The second-order valence-corrected chi connectivity index (χ2v) is 5.52. The molecule has 0 aliphatic rings. The van der Waals surface area contributed by atoms with Crippen LogP contribution in [0, 0.1) is 5.41 Å². The van der Waals surface area contributed by atoms with Crippen molar-refractivity contribution in [2.24, 2.45) is 5.41 Å². The second kappa shape index (κ2) is 4.23. The molecule has 1 atom stereocenters. The number of H-pyrrole nitrogens is 1. The Labute approximate surface area is 104 Å². The summed E-state index contributed by atoms with van der Waals surface area (Å²) >= 11 is 1.88. The van der Waals surface area contributed by atoms with E-state index in [1.165, 1.54) is 0 Å². The zero-order valence-electron chi connectivity index (χ0n) is 9.60. The zero-order chi connectivity index (χ0) is 11.7. The number of carbonyl (C=O) groups is 1. The van der Waals surface area contributed by atoms with Crippen molar-refractivity contribution in [1.29, 1.82) is 0 Å². The predicted octanol–water partition coefficient (Wildman–Crippen LogP) is 3.07. The summed E-state index contributed by atoms with van der Waals surface area (Å²) in [5.74, 6) is 0. The van der Waals surface area contributed by atoms with Crippen LogP contribution in [0.5, 0.6) is 0 Å². The molecule has 84 valence electrons. The molecule has 1 N–H and O–H groups in total. The lowest BCUT2D eigenvalue weighted by Crippen LogP contribution is -2.43. The predicted molar refractivity (Wildman–Crippen MR) is 69.0 cm³/mol. The highest BCUT2D eigenvalue weighted by Crippen LogP contribution is 2.45. The Morgan fingerprint density at radius 2 is 2.13 bits per heavy atom. The smallest absolute Gasteiger partial charge is 0.198 e. The van der Waals surface area contributed by atoms with E-state index in [2.05, 4.69) is 23.8 Å². The Hall–Kier alpha value is -0.390. The first-order valence-electron chi connectivity index (χ1n) is 5.05. The van der Waals surface area contributed by atoms with E-state index in [-0.39, 0.29) is 9.20 Å². The van der Waals surface area contributed by atoms with E-state index in [1.54, 1.807) is 6.33 Å². The van der Waals surface area contributed by atoms with Crippen LogP contribution in [-0.4, -0.2) is 13.8 Å².